The number of carbonyl (C=O) groups excluding carboxylic acids is 2. The molecule has 160 valence electrons. The average molecular weight is 432 g/mol. The van der Waals surface area contributed by atoms with Gasteiger partial charge in [-0.3, -0.25) is 15.3 Å². The zero-order valence-electron chi connectivity index (χ0n) is 16.4. The van der Waals surface area contributed by atoms with Gasteiger partial charge in [0.1, 0.15) is 18.5 Å². The molecule has 0 aromatic heterocycles. The lowest BCUT2D eigenvalue weighted by Crippen LogP contribution is -2.18. The van der Waals surface area contributed by atoms with Crippen molar-refractivity contribution in [3.63, 3.8) is 0 Å². The van der Waals surface area contributed by atoms with Crippen molar-refractivity contribution in [2.45, 2.75) is 17.4 Å². The predicted octanol–water partition coefficient (Wildman–Crippen LogP) is 3.52. The average Bonchev–Trinajstić information content (AvgIpc) is 2.77. The van der Waals surface area contributed by atoms with E-state index < -0.39 is 18.1 Å². The van der Waals surface area contributed by atoms with Crippen LogP contribution in [0.3, 0.4) is 0 Å². The maximum absolute atomic E-state index is 12.4. The van der Waals surface area contributed by atoms with Gasteiger partial charge < -0.3 is 14.6 Å². The molecule has 0 aliphatic carbocycles. The SMILES string of the molecule is CSc1ccc(NC(=O)O[C@H](C/C=C/C(=O)NO)c2cccc(OCCO)c2)cc1. The molecule has 2 aromatic carbocycles. The summed E-state index contributed by atoms with van der Waals surface area (Å²) in [6.45, 7) is 0.0129. The van der Waals surface area contributed by atoms with Crippen molar-refractivity contribution in [3.05, 3.63) is 66.2 Å². The van der Waals surface area contributed by atoms with Gasteiger partial charge in [-0.05, 0) is 48.2 Å². The smallest absolute Gasteiger partial charge is 0.412 e. The van der Waals surface area contributed by atoms with Crippen LogP contribution in [0.1, 0.15) is 18.1 Å². The van der Waals surface area contributed by atoms with E-state index in [1.165, 1.54) is 11.6 Å². The monoisotopic (exact) mass is 432 g/mol. The lowest BCUT2D eigenvalue weighted by Gasteiger charge is -2.18. The van der Waals surface area contributed by atoms with Crippen molar-refractivity contribution in [1.82, 2.24) is 5.48 Å². The number of anilines is 1. The molecule has 0 heterocycles. The van der Waals surface area contributed by atoms with Gasteiger partial charge in [-0.25, -0.2) is 10.3 Å². The summed E-state index contributed by atoms with van der Waals surface area (Å²) in [5, 5.41) is 20.2. The number of aliphatic hydroxyl groups is 1. The van der Waals surface area contributed by atoms with E-state index in [0.29, 0.717) is 17.0 Å². The predicted molar refractivity (Wildman–Crippen MR) is 114 cm³/mol. The van der Waals surface area contributed by atoms with E-state index in [9.17, 15) is 9.59 Å². The van der Waals surface area contributed by atoms with Gasteiger partial charge in [-0.2, -0.15) is 0 Å². The topological polar surface area (TPSA) is 117 Å². The molecule has 0 fully saturated rings. The number of nitrogens with one attached hydrogen (secondary N) is 2. The van der Waals surface area contributed by atoms with Crippen LogP contribution in [0.2, 0.25) is 0 Å². The molecular weight excluding hydrogens is 408 g/mol. The van der Waals surface area contributed by atoms with E-state index in [1.807, 2.05) is 18.4 Å². The first-order valence-corrected chi connectivity index (χ1v) is 10.3. The van der Waals surface area contributed by atoms with Gasteiger partial charge in [0, 0.05) is 23.1 Å². The van der Waals surface area contributed by atoms with E-state index in [0.717, 1.165) is 11.0 Å². The number of hydroxylamine groups is 1. The van der Waals surface area contributed by atoms with Crippen LogP contribution in [0.4, 0.5) is 10.5 Å². The normalized spacial score (nSPS) is 11.7. The summed E-state index contributed by atoms with van der Waals surface area (Å²) >= 11 is 1.59. The number of ether oxygens (including phenoxy) is 2. The lowest BCUT2D eigenvalue weighted by molar-refractivity contribution is -0.124. The third-order valence-corrected chi connectivity index (χ3v) is 4.65. The van der Waals surface area contributed by atoms with Crippen LogP contribution in [0.25, 0.3) is 0 Å². The second-order valence-corrected chi connectivity index (χ2v) is 6.89. The molecule has 0 radical (unpaired) electrons. The van der Waals surface area contributed by atoms with E-state index in [4.69, 9.17) is 19.8 Å². The number of benzene rings is 2. The molecule has 2 aromatic rings. The maximum atomic E-state index is 12.4. The molecule has 0 saturated heterocycles. The van der Waals surface area contributed by atoms with Gasteiger partial charge in [0.15, 0.2) is 0 Å². The van der Waals surface area contributed by atoms with Gasteiger partial charge in [-0.15, -0.1) is 11.8 Å². The summed E-state index contributed by atoms with van der Waals surface area (Å²) in [6.07, 6.45) is 3.41. The van der Waals surface area contributed by atoms with E-state index >= 15 is 0 Å². The molecule has 0 spiro atoms. The summed E-state index contributed by atoms with van der Waals surface area (Å²) in [4.78, 5) is 24.7. The van der Waals surface area contributed by atoms with Crippen LogP contribution in [0.5, 0.6) is 5.75 Å². The van der Waals surface area contributed by atoms with Gasteiger partial charge in [-0.1, -0.05) is 18.2 Å². The van der Waals surface area contributed by atoms with Gasteiger partial charge in [0.05, 0.1) is 6.61 Å². The molecular formula is C21H24N2O6S. The number of hydrogen-bond acceptors (Lipinski definition) is 7. The van der Waals surface area contributed by atoms with Crippen LogP contribution in [0.15, 0.2) is 65.6 Å². The first-order chi connectivity index (χ1) is 14.5. The Labute approximate surface area is 178 Å². The van der Waals surface area contributed by atoms with Crippen LogP contribution in [-0.2, 0) is 9.53 Å². The number of hydrogen-bond donors (Lipinski definition) is 4. The lowest BCUT2D eigenvalue weighted by atomic mass is 10.1. The first kappa shape index (κ1) is 23.3. The van der Waals surface area contributed by atoms with E-state index in [1.54, 1.807) is 48.2 Å². The van der Waals surface area contributed by atoms with Crippen LogP contribution in [0, 0.1) is 0 Å². The van der Waals surface area contributed by atoms with Crippen molar-refractivity contribution in [2.75, 3.05) is 24.8 Å². The molecule has 0 aliphatic rings. The highest BCUT2D eigenvalue weighted by molar-refractivity contribution is 7.98. The Bertz CT molecular complexity index is 857. The highest BCUT2D eigenvalue weighted by atomic mass is 32.2. The number of rotatable bonds is 10. The summed E-state index contributed by atoms with van der Waals surface area (Å²) < 4.78 is 11.0. The highest BCUT2D eigenvalue weighted by Gasteiger charge is 2.17. The molecule has 4 N–H and O–H groups in total. The molecule has 0 saturated carbocycles. The van der Waals surface area contributed by atoms with Crippen molar-refractivity contribution in [3.8, 4) is 5.75 Å². The second-order valence-electron chi connectivity index (χ2n) is 6.01. The molecule has 1 atom stereocenters. The van der Waals surface area contributed by atoms with Crippen molar-refractivity contribution >= 4 is 29.4 Å². The summed E-state index contributed by atoms with van der Waals surface area (Å²) in [5.41, 5.74) is 2.74. The minimum absolute atomic E-state index is 0.124. The molecule has 0 aliphatic heterocycles. The van der Waals surface area contributed by atoms with E-state index in [2.05, 4.69) is 5.32 Å². The van der Waals surface area contributed by atoms with Crippen molar-refractivity contribution in [1.29, 1.82) is 0 Å². The van der Waals surface area contributed by atoms with Gasteiger partial charge in [0.2, 0.25) is 0 Å². The number of carbonyl (C=O) groups is 2. The summed E-state index contributed by atoms with van der Waals surface area (Å²) in [5.74, 6) is -0.174. The van der Waals surface area contributed by atoms with Crippen LogP contribution >= 0.6 is 11.8 Å². The van der Waals surface area contributed by atoms with E-state index in [-0.39, 0.29) is 19.6 Å². The zero-order valence-corrected chi connectivity index (χ0v) is 17.2. The third-order valence-electron chi connectivity index (χ3n) is 3.91. The third kappa shape index (κ3) is 7.78. The summed E-state index contributed by atoms with van der Waals surface area (Å²) in [6, 6.07) is 14.2. The molecule has 0 bridgehead atoms. The molecule has 30 heavy (non-hydrogen) atoms. The molecule has 0 unspecified atom stereocenters. The van der Waals surface area contributed by atoms with Crippen molar-refractivity contribution in [2.24, 2.45) is 0 Å². The standard InChI is InChI=1S/C21H24N2O6S/c1-30-18-10-8-16(9-11-18)22-21(26)29-19(6-3-7-20(25)23-27)15-4-2-5-17(14-15)28-13-12-24/h2-5,7-11,14,19,24,27H,6,12-13H2,1H3,(H,22,26)(H,23,25)/b7-3+/t19-/m1/s1. The van der Waals surface area contributed by atoms with Crippen LogP contribution in [-0.4, -0.2) is 41.8 Å². The van der Waals surface area contributed by atoms with Gasteiger partial charge in [0.25, 0.3) is 5.91 Å². The Morgan fingerprint density at radius 2 is 1.97 bits per heavy atom. The Kier molecular flexibility index (Phi) is 9.72. The molecule has 8 nitrogen and oxygen atoms in total. The van der Waals surface area contributed by atoms with Crippen molar-refractivity contribution < 1.29 is 29.4 Å². The highest BCUT2D eigenvalue weighted by Crippen LogP contribution is 2.26. The zero-order chi connectivity index (χ0) is 21.8. The summed E-state index contributed by atoms with van der Waals surface area (Å²) in [7, 11) is 0. The molecule has 2 amide bonds. The first-order valence-electron chi connectivity index (χ1n) is 9.11. The Morgan fingerprint density at radius 3 is 2.63 bits per heavy atom. The fourth-order valence-corrected chi connectivity index (χ4v) is 2.92. The fraction of sp³-hybridized carbons (Fsp3) is 0.238. The Morgan fingerprint density at radius 1 is 1.20 bits per heavy atom. The molecule has 2 rings (SSSR count). The van der Waals surface area contributed by atoms with Gasteiger partial charge >= 0.3 is 6.09 Å². The minimum Gasteiger partial charge on any atom is -0.491 e. The number of amides is 2. The Balaban J connectivity index is 2.12. The maximum Gasteiger partial charge on any atom is 0.412 e. The second kappa shape index (κ2) is 12.5. The number of thioether (sulfide) groups is 1. The minimum atomic E-state index is -0.712. The molecule has 9 heteroatoms. The number of aliphatic hydroxyl groups excluding tert-OH is 1. The Hall–Kier alpha value is -3.01. The largest absolute Gasteiger partial charge is 0.491 e. The fourth-order valence-electron chi connectivity index (χ4n) is 2.51. The van der Waals surface area contributed by atoms with Crippen LogP contribution < -0.4 is 15.5 Å². The quantitative estimate of drug-likeness (QED) is 0.196.